The van der Waals surface area contributed by atoms with Gasteiger partial charge in [0, 0.05) is 29.8 Å². The first kappa shape index (κ1) is 21.8. The number of amides is 1. The zero-order valence-corrected chi connectivity index (χ0v) is 19.2. The lowest BCUT2D eigenvalue weighted by Crippen LogP contribution is -2.36. The van der Waals surface area contributed by atoms with Gasteiger partial charge in [0.05, 0.1) is 15.1 Å². The fraction of sp³-hybridized carbons (Fsp3) is 0.300. The number of carbonyl (C=O) groups is 1. The molecule has 0 atom stereocenters. The van der Waals surface area contributed by atoms with Gasteiger partial charge in [-0.05, 0) is 56.7 Å². The van der Waals surface area contributed by atoms with Crippen molar-refractivity contribution in [1.82, 2.24) is 9.88 Å². The molecule has 29 heavy (non-hydrogen) atoms. The van der Waals surface area contributed by atoms with Crippen molar-refractivity contribution in [2.45, 2.75) is 9.79 Å². The van der Waals surface area contributed by atoms with Crippen molar-refractivity contribution in [1.29, 1.82) is 0 Å². The first-order chi connectivity index (χ1) is 13.7. The number of thioether (sulfide) groups is 1. The molecule has 1 amide bonds. The summed E-state index contributed by atoms with van der Waals surface area (Å²) in [5.74, 6) is -0.198. The number of anilines is 1. The molecule has 0 saturated heterocycles. The number of carbonyl (C=O) groups excluding carboxylic acids is 1. The second-order valence-corrected chi connectivity index (χ2v) is 10.7. The first-order valence-corrected chi connectivity index (χ1v) is 12.8. The molecule has 0 aliphatic carbocycles. The van der Waals surface area contributed by atoms with E-state index in [1.54, 1.807) is 28.8 Å². The molecule has 0 radical (unpaired) electrons. The lowest BCUT2D eigenvalue weighted by atomic mass is 10.2. The molecule has 154 valence electrons. The van der Waals surface area contributed by atoms with Gasteiger partial charge in [-0.2, -0.15) is 0 Å². The van der Waals surface area contributed by atoms with Gasteiger partial charge in [0.1, 0.15) is 0 Å². The molecule has 1 aromatic heterocycles. The van der Waals surface area contributed by atoms with Crippen LogP contribution in [0.5, 0.6) is 0 Å². The summed E-state index contributed by atoms with van der Waals surface area (Å²) in [6.45, 7) is 1.16. The largest absolute Gasteiger partial charge is 0.308 e. The van der Waals surface area contributed by atoms with Gasteiger partial charge < -0.3 is 4.90 Å². The van der Waals surface area contributed by atoms with E-state index in [9.17, 15) is 13.2 Å². The van der Waals surface area contributed by atoms with Crippen LogP contribution < -0.4 is 4.90 Å². The fourth-order valence-corrected chi connectivity index (χ4v) is 5.05. The van der Waals surface area contributed by atoms with Gasteiger partial charge in [-0.3, -0.25) is 9.69 Å². The third kappa shape index (κ3) is 4.98. The average Bonchev–Trinajstić information content (AvgIpc) is 3.11. The Morgan fingerprint density at radius 1 is 1.10 bits per heavy atom. The SMILES string of the molecule is CSc1cccc2sc(N(CCN(C)C)C(=O)c3ccc(S(C)(=O)=O)cc3)nc12. The number of thiazole rings is 1. The Kier molecular flexibility index (Phi) is 6.62. The Labute approximate surface area is 179 Å². The second kappa shape index (κ2) is 8.83. The van der Waals surface area contributed by atoms with Crippen LogP contribution in [0, 0.1) is 0 Å². The van der Waals surface area contributed by atoms with Gasteiger partial charge in [0.2, 0.25) is 0 Å². The Hall–Kier alpha value is -1.94. The molecule has 0 aliphatic rings. The van der Waals surface area contributed by atoms with E-state index in [1.165, 1.54) is 23.5 Å². The highest BCUT2D eigenvalue weighted by Crippen LogP contribution is 2.34. The Balaban J connectivity index is 2.00. The van der Waals surface area contributed by atoms with Gasteiger partial charge in [0.15, 0.2) is 15.0 Å². The second-order valence-electron chi connectivity index (χ2n) is 6.86. The van der Waals surface area contributed by atoms with Crippen molar-refractivity contribution < 1.29 is 13.2 Å². The maximum Gasteiger partial charge on any atom is 0.260 e. The quantitative estimate of drug-likeness (QED) is 0.513. The molecule has 9 heteroatoms. The van der Waals surface area contributed by atoms with Gasteiger partial charge in [0.25, 0.3) is 5.91 Å². The van der Waals surface area contributed by atoms with E-state index in [4.69, 9.17) is 4.98 Å². The summed E-state index contributed by atoms with van der Waals surface area (Å²) in [5, 5.41) is 0.639. The van der Waals surface area contributed by atoms with Crippen LogP contribution in [0.25, 0.3) is 10.2 Å². The van der Waals surface area contributed by atoms with Crippen LogP contribution in [0.15, 0.2) is 52.3 Å². The van der Waals surface area contributed by atoms with E-state index in [2.05, 4.69) is 0 Å². The van der Waals surface area contributed by atoms with Gasteiger partial charge >= 0.3 is 0 Å². The number of fused-ring (bicyclic) bond motifs is 1. The van der Waals surface area contributed by atoms with Crippen LogP contribution >= 0.6 is 23.1 Å². The summed E-state index contributed by atoms with van der Waals surface area (Å²) in [4.78, 5) is 23.0. The number of sulfone groups is 1. The fourth-order valence-electron chi connectivity index (χ4n) is 2.78. The van der Waals surface area contributed by atoms with E-state index in [0.29, 0.717) is 23.8 Å². The van der Waals surface area contributed by atoms with Crippen LogP contribution in [0.1, 0.15) is 10.4 Å². The highest BCUT2D eigenvalue weighted by molar-refractivity contribution is 7.98. The predicted octanol–water partition coefficient (Wildman–Crippen LogP) is 3.63. The summed E-state index contributed by atoms with van der Waals surface area (Å²) in [6, 6.07) is 12.1. The molecule has 3 rings (SSSR count). The molecule has 2 aromatic carbocycles. The highest BCUT2D eigenvalue weighted by atomic mass is 32.2. The molecule has 6 nitrogen and oxygen atoms in total. The third-order valence-electron chi connectivity index (χ3n) is 4.37. The molecule has 1 heterocycles. The molecule has 0 unspecified atom stereocenters. The van der Waals surface area contributed by atoms with Crippen molar-refractivity contribution in [2.24, 2.45) is 0 Å². The summed E-state index contributed by atoms with van der Waals surface area (Å²) < 4.78 is 24.4. The molecular weight excluding hydrogens is 426 g/mol. The number of para-hydroxylation sites is 1. The van der Waals surface area contributed by atoms with E-state index in [1.807, 2.05) is 43.5 Å². The number of aromatic nitrogens is 1. The number of nitrogens with zero attached hydrogens (tertiary/aromatic N) is 3. The number of hydrogen-bond donors (Lipinski definition) is 0. The van der Waals surface area contributed by atoms with Gasteiger partial charge in [-0.25, -0.2) is 13.4 Å². The zero-order chi connectivity index (χ0) is 21.2. The highest BCUT2D eigenvalue weighted by Gasteiger charge is 2.22. The standard InChI is InChI=1S/C20H23N3O3S3/c1-22(2)12-13-23(19(24)14-8-10-15(11-9-14)29(4,25)26)20-21-18-16(27-3)6-5-7-17(18)28-20/h5-11H,12-13H2,1-4H3. The monoisotopic (exact) mass is 449 g/mol. The zero-order valence-electron chi connectivity index (χ0n) is 16.7. The number of rotatable bonds is 7. The number of hydrogen-bond acceptors (Lipinski definition) is 7. The van der Waals surface area contributed by atoms with Crippen LogP contribution in [-0.4, -0.2) is 63.9 Å². The van der Waals surface area contributed by atoms with E-state index in [0.717, 1.165) is 21.4 Å². The van der Waals surface area contributed by atoms with Crippen molar-refractivity contribution in [3.05, 3.63) is 48.0 Å². The minimum absolute atomic E-state index is 0.193. The van der Waals surface area contributed by atoms with Crippen molar-refractivity contribution in [2.75, 3.05) is 44.6 Å². The predicted molar refractivity (Wildman–Crippen MR) is 121 cm³/mol. The van der Waals surface area contributed by atoms with Crippen LogP contribution in [0.2, 0.25) is 0 Å². The molecule has 0 bridgehead atoms. The lowest BCUT2D eigenvalue weighted by Gasteiger charge is -2.22. The minimum atomic E-state index is -3.31. The number of benzene rings is 2. The molecule has 0 spiro atoms. The normalized spacial score (nSPS) is 11.9. The summed E-state index contributed by atoms with van der Waals surface area (Å²) in [6.07, 6.45) is 3.16. The summed E-state index contributed by atoms with van der Waals surface area (Å²) in [7, 11) is 0.596. The maximum atomic E-state index is 13.3. The maximum absolute atomic E-state index is 13.3. The van der Waals surface area contributed by atoms with E-state index >= 15 is 0 Å². The van der Waals surface area contributed by atoms with Crippen molar-refractivity contribution in [3.63, 3.8) is 0 Å². The molecule has 0 saturated carbocycles. The Morgan fingerprint density at radius 2 is 1.79 bits per heavy atom. The summed E-state index contributed by atoms with van der Waals surface area (Å²) in [5.41, 5.74) is 1.33. The van der Waals surface area contributed by atoms with Crippen LogP contribution in [0.3, 0.4) is 0 Å². The third-order valence-corrected chi connectivity index (χ3v) is 7.31. The minimum Gasteiger partial charge on any atom is -0.308 e. The smallest absolute Gasteiger partial charge is 0.260 e. The summed E-state index contributed by atoms with van der Waals surface area (Å²) >= 11 is 3.11. The molecule has 0 fully saturated rings. The van der Waals surface area contributed by atoms with E-state index < -0.39 is 9.84 Å². The van der Waals surface area contributed by atoms with Crippen LogP contribution in [-0.2, 0) is 9.84 Å². The molecule has 3 aromatic rings. The van der Waals surface area contributed by atoms with Gasteiger partial charge in [-0.1, -0.05) is 17.4 Å². The molecule has 0 aliphatic heterocycles. The Bertz CT molecular complexity index is 1120. The molecular formula is C20H23N3O3S3. The Morgan fingerprint density at radius 3 is 2.38 bits per heavy atom. The van der Waals surface area contributed by atoms with Crippen LogP contribution in [0.4, 0.5) is 5.13 Å². The first-order valence-electron chi connectivity index (χ1n) is 8.91. The average molecular weight is 450 g/mol. The molecule has 0 N–H and O–H groups in total. The van der Waals surface area contributed by atoms with Gasteiger partial charge in [-0.15, -0.1) is 11.8 Å². The lowest BCUT2D eigenvalue weighted by molar-refractivity contribution is 0.0985. The van der Waals surface area contributed by atoms with Crippen molar-refractivity contribution in [3.8, 4) is 0 Å². The van der Waals surface area contributed by atoms with Crippen molar-refractivity contribution >= 4 is 54.2 Å². The number of likely N-dealkylation sites (N-methyl/N-ethyl adjacent to an activating group) is 1. The topological polar surface area (TPSA) is 70.6 Å². The van der Waals surface area contributed by atoms with E-state index in [-0.39, 0.29) is 10.8 Å².